The lowest BCUT2D eigenvalue weighted by molar-refractivity contribution is 0.660. The predicted molar refractivity (Wildman–Crippen MR) is 207 cm³/mol. The molecule has 0 spiro atoms. The molecular formula is C45H29N3S. The Bertz CT molecular complexity index is 3030. The quantitative estimate of drug-likeness (QED) is 0.188. The van der Waals surface area contributed by atoms with Gasteiger partial charge in [0.2, 0.25) is 0 Å². The van der Waals surface area contributed by atoms with Crippen LogP contribution in [0.15, 0.2) is 140 Å². The van der Waals surface area contributed by atoms with Crippen LogP contribution in [-0.2, 0) is 5.41 Å². The first-order valence-corrected chi connectivity index (χ1v) is 17.7. The van der Waals surface area contributed by atoms with Gasteiger partial charge in [-0.1, -0.05) is 123 Å². The summed E-state index contributed by atoms with van der Waals surface area (Å²) in [4.78, 5) is 10.9. The van der Waals surface area contributed by atoms with Gasteiger partial charge in [-0.2, -0.15) is 0 Å². The number of hydrogen-bond donors (Lipinski definition) is 0. The van der Waals surface area contributed by atoms with Crippen LogP contribution in [0.25, 0.3) is 92.0 Å². The van der Waals surface area contributed by atoms with E-state index in [-0.39, 0.29) is 5.41 Å². The van der Waals surface area contributed by atoms with Crippen molar-refractivity contribution < 1.29 is 0 Å². The molecule has 10 aromatic rings. The minimum atomic E-state index is -0.0570. The van der Waals surface area contributed by atoms with Crippen molar-refractivity contribution in [3.63, 3.8) is 0 Å². The zero-order valence-corrected chi connectivity index (χ0v) is 27.8. The summed E-state index contributed by atoms with van der Waals surface area (Å²) in [6.45, 7) is 4.65. The van der Waals surface area contributed by atoms with Crippen LogP contribution in [-0.4, -0.2) is 14.5 Å². The van der Waals surface area contributed by atoms with Gasteiger partial charge >= 0.3 is 0 Å². The van der Waals surface area contributed by atoms with Gasteiger partial charge in [0.25, 0.3) is 0 Å². The number of thiophene rings is 1. The van der Waals surface area contributed by atoms with Gasteiger partial charge in [-0.3, -0.25) is 4.57 Å². The number of aromatic nitrogens is 3. The average Bonchev–Trinajstić information content (AvgIpc) is 3.76. The van der Waals surface area contributed by atoms with Crippen molar-refractivity contribution in [2.45, 2.75) is 19.3 Å². The summed E-state index contributed by atoms with van der Waals surface area (Å²) >= 11 is 1.78. The van der Waals surface area contributed by atoms with Crippen LogP contribution in [0.1, 0.15) is 25.0 Å². The van der Waals surface area contributed by atoms with E-state index in [4.69, 9.17) is 9.97 Å². The van der Waals surface area contributed by atoms with Gasteiger partial charge in [-0.05, 0) is 74.1 Å². The van der Waals surface area contributed by atoms with E-state index in [1.807, 2.05) is 0 Å². The van der Waals surface area contributed by atoms with Gasteiger partial charge in [0.05, 0.1) is 21.3 Å². The molecule has 0 atom stereocenters. The number of fused-ring (bicyclic) bond motifs is 12. The molecule has 0 fully saturated rings. The van der Waals surface area contributed by atoms with Gasteiger partial charge in [0, 0.05) is 31.8 Å². The minimum Gasteiger partial charge on any atom is -0.292 e. The summed E-state index contributed by atoms with van der Waals surface area (Å²) in [6.07, 6.45) is 0. The lowest BCUT2D eigenvalue weighted by Gasteiger charge is -2.21. The normalized spacial score (nSPS) is 13.7. The Morgan fingerprint density at radius 1 is 0.551 bits per heavy atom. The molecule has 0 saturated carbocycles. The zero-order valence-electron chi connectivity index (χ0n) is 27.0. The van der Waals surface area contributed by atoms with Crippen LogP contribution in [0.5, 0.6) is 0 Å². The maximum absolute atomic E-state index is 5.55. The molecular weight excluding hydrogens is 615 g/mol. The summed E-state index contributed by atoms with van der Waals surface area (Å²) in [6, 6.07) is 50.9. The van der Waals surface area contributed by atoms with Crippen molar-refractivity contribution in [1.29, 1.82) is 0 Å². The smallest absolute Gasteiger partial charge is 0.162 e. The molecule has 0 N–H and O–H groups in total. The van der Waals surface area contributed by atoms with E-state index in [2.05, 4.69) is 158 Å². The van der Waals surface area contributed by atoms with E-state index >= 15 is 0 Å². The Labute approximate surface area is 286 Å². The van der Waals surface area contributed by atoms with Gasteiger partial charge in [-0.25, -0.2) is 9.97 Å². The Balaban J connectivity index is 1.28. The van der Waals surface area contributed by atoms with Gasteiger partial charge < -0.3 is 0 Å². The minimum absolute atomic E-state index is 0.0570. The molecule has 11 rings (SSSR count). The van der Waals surface area contributed by atoms with Crippen molar-refractivity contribution in [3.8, 4) is 28.3 Å². The van der Waals surface area contributed by atoms with E-state index in [0.29, 0.717) is 0 Å². The molecule has 0 radical (unpaired) electrons. The van der Waals surface area contributed by atoms with Crippen molar-refractivity contribution in [2.24, 2.45) is 0 Å². The third-order valence-electron chi connectivity index (χ3n) is 10.8. The highest BCUT2D eigenvalue weighted by Gasteiger charge is 2.35. The Kier molecular flexibility index (Phi) is 5.33. The number of hydrogen-bond acceptors (Lipinski definition) is 3. The summed E-state index contributed by atoms with van der Waals surface area (Å²) in [5, 5.41) is 8.58. The number of benzene rings is 7. The van der Waals surface area contributed by atoms with Gasteiger partial charge in [-0.15, -0.1) is 11.3 Å². The molecule has 1 aliphatic carbocycles. The first-order valence-electron chi connectivity index (χ1n) is 16.8. The maximum atomic E-state index is 5.55. The summed E-state index contributed by atoms with van der Waals surface area (Å²) < 4.78 is 4.71. The zero-order chi connectivity index (χ0) is 32.4. The highest BCUT2D eigenvalue weighted by Crippen LogP contribution is 2.50. The lowest BCUT2D eigenvalue weighted by Crippen LogP contribution is -2.14. The molecule has 3 heterocycles. The second-order valence-electron chi connectivity index (χ2n) is 13.8. The predicted octanol–water partition coefficient (Wildman–Crippen LogP) is 12.2. The van der Waals surface area contributed by atoms with E-state index in [1.165, 1.54) is 59.3 Å². The third-order valence-corrected chi connectivity index (χ3v) is 11.9. The van der Waals surface area contributed by atoms with E-state index in [9.17, 15) is 0 Å². The number of rotatable bonds is 2. The van der Waals surface area contributed by atoms with Crippen LogP contribution >= 0.6 is 11.3 Å². The second-order valence-corrected chi connectivity index (χ2v) is 14.9. The van der Waals surface area contributed by atoms with Gasteiger partial charge in [0.1, 0.15) is 0 Å². The van der Waals surface area contributed by atoms with E-state index in [0.717, 1.165) is 43.8 Å². The Morgan fingerprint density at radius 2 is 1.27 bits per heavy atom. The third kappa shape index (κ3) is 3.67. The van der Waals surface area contributed by atoms with E-state index in [1.54, 1.807) is 11.3 Å². The molecule has 0 saturated heterocycles. The van der Waals surface area contributed by atoms with Crippen LogP contribution in [0, 0.1) is 0 Å². The molecule has 0 amide bonds. The molecule has 1 aliphatic rings. The van der Waals surface area contributed by atoms with Crippen LogP contribution in [0.3, 0.4) is 0 Å². The topological polar surface area (TPSA) is 30.7 Å². The molecule has 49 heavy (non-hydrogen) atoms. The average molecular weight is 644 g/mol. The van der Waals surface area contributed by atoms with Crippen molar-refractivity contribution >= 4 is 75.0 Å². The number of nitrogens with zero attached hydrogens (tertiary/aromatic N) is 3. The largest absolute Gasteiger partial charge is 0.292 e. The van der Waals surface area contributed by atoms with Crippen molar-refractivity contribution in [1.82, 2.24) is 14.5 Å². The molecule has 0 bridgehead atoms. The first kappa shape index (κ1) is 27.1. The fraction of sp³-hybridized carbons (Fsp3) is 0.0667. The molecule has 7 aromatic carbocycles. The molecule has 230 valence electrons. The monoisotopic (exact) mass is 643 g/mol. The van der Waals surface area contributed by atoms with Gasteiger partial charge in [0.15, 0.2) is 11.6 Å². The summed E-state index contributed by atoms with van der Waals surface area (Å²) in [5.41, 5.74) is 9.56. The first-order chi connectivity index (χ1) is 24.0. The molecule has 3 nitrogen and oxygen atoms in total. The SMILES string of the molecule is CC1(C)c2ccccc2-c2cc(-c3nc(-n4c5cc6ccccc6cc5c5c6ccccc6ccc54)c4sc5ccccc5c4n3)ccc21. The molecule has 3 aromatic heterocycles. The lowest BCUT2D eigenvalue weighted by atomic mass is 9.82. The summed E-state index contributed by atoms with van der Waals surface area (Å²) in [7, 11) is 0. The maximum Gasteiger partial charge on any atom is 0.162 e. The Morgan fingerprint density at radius 3 is 2.14 bits per heavy atom. The van der Waals surface area contributed by atoms with E-state index < -0.39 is 0 Å². The highest BCUT2D eigenvalue weighted by molar-refractivity contribution is 7.26. The Hall–Kier alpha value is -5.84. The molecule has 4 heteroatoms. The molecule has 0 aliphatic heterocycles. The van der Waals surface area contributed by atoms with Crippen molar-refractivity contribution in [2.75, 3.05) is 0 Å². The van der Waals surface area contributed by atoms with Crippen LogP contribution < -0.4 is 0 Å². The fourth-order valence-electron chi connectivity index (χ4n) is 8.42. The highest BCUT2D eigenvalue weighted by atomic mass is 32.1. The fourth-order valence-corrected chi connectivity index (χ4v) is 9.54. The van der Waals surface area contributed by atoms with Crippen LogP contribution in [0.4, 0.5) is 0 Å². The van der Waals surface area contributed by atoms with Crippen molar-refractivity contribution in [3.05, 3.63) is 151 Å². The molecule has 0 unspecified atom stereocenters. The standard InChI is InChI=1S/C45H29N3S/c1-45(2)35-17-9-7-15-31(35)33-24-29(19-21-36(33)45)43-46-41-32-16-8-10-18-39(32)49-42(41)44(47-43)48-37-22-20-26-11-5-6-14-30(26)40(37)34-23-27-12-3-4-13-28(27)25-38(34)48/h3-25H,1-2H3. The van der Waals surface area contributed by atoms with Crippen LogP contribution in [0.2, 0.25) is 0 Å². The second kappa shape index (κ2) is 9.62. The summed E-state index contributed by atoms with van der Waals surface area (Å²) in [5.74, 6) is 1.67.